The van der Waals surface area contributed by atoms with E-state index in [9.17, 15) is 9.59 Å². The van der Waals surface area contributed by atoms with Crippen LogP contribution in [0, 0.1) is 0 Å². The van der Waals surface area contributed by atoms with Crippen LogP contribution in [0.2, 0.25) is 5.02 Å². The third-order valence-corrected chi connectivity index (χ3v) is 2.53. The third kappa shape index (κ3) is 2.09. The first kappa shape index (κ1) is 11.5. The zero-order valence-electron chi connectivity index (χ0n) is 8.94. The molecule has 0 fully saturated rings. The molecule has 0 saturated heterocycles. The average molecular weight is 253 g/mol. The molecule has 0 aliphatic heterocycles. The van der Waals surface area contributed by atoms with Crippen LogP contribution < -0.4 is 16.0 Å². The van der Waals surface area contributed by atoms with Gasteiger partial charge < -0.3 is 4.74 Å². The highest BCUT2D eigenvalue weighted by molar-refractivity contribution is 6.32. The van der Waals surface area contributed by atoms with Gasteiger partial charge >= 0.3 is 5.69 Å². The molecule has 0 amide bonds. The molecule has 0 aliphatic rings. The Bertz CT molecular complexity index is 660. The van der Waals surface area contributed by atoms with Gasteiger partial charge in [0.1, 0.15) is 0 Å². The number of nitrogens with one attached hydrogen (secondary N) is 1. The van der Waals surface area contributed by atoms with Crippen LogP contribution in [0.1, 0.15) is 0 Å². The quantitative estimate of drug-likeness (QED) is 0.873. The third-order valence-electron chi connectivity index (χ3n) is 2.21. The van der Waals surface area contributed by atoms with E-state index in [-0.39, 0.29) is 5.88 Å². The number of methoxy groups -OCH3 is 1. The Hall–Kier alpha value is -2.01. The molecule has 2 rings (SSSR count). The van der Waals surface area contributed by atoms with E-state index in [4.69, 9.17) is 16.3 Å². The van der Waals surface area contributed by atoms with Gasteiger partial charge in [-0.05, 0) is 12.1 Å². The van der Waals surface area contributed by atoms with E-state index in [0.29, 0.717) is 10.7 Å². The summed E-state index contributed by atoms with van der Waals surface area (Å²) in [6, 6.07) is 7.97. The molecule has 2 aromatic rings. The smallest absolute Gasteiger partial charge is 0.335 e. The molecule has 88 valence electrons. The SMILES string of the molecule is COc1cc(=O)[nH]c(=O)n1-c1ccccc1Cl. The number of rotatable bonds is 2. The van der Waals surface area contributed by atoms with Gasteiger partial charge in [0, 0.05) is 0 Å². The lowest BCUT2D eigenvalue weighted by atomic mass is 10.3. The summed E-state index contributed by atoms with van der Waals surface area (Å²) in [6.45, 7) is 0. The van der Waals surface area contributed by atoms with Crippen molar-refractivity contribution >= 4 is 11.6 Å². The highest BCUT2D eigenvalue weighted by Gasteiger charge is 2.10. The van der Waals surface area contributed by atoms with Crippen LogP contribution >= 0.6 is 11.6 Å². The summed E-state index contributed by atoms with van der Waals surface area (Å²) in [4.78, 5) is 25.1. The molecule has 0 saturated carbocycles. The monoisotopic (exact) mass is 252 g/mol. The van der Waals surface area contributed by atoms with Crippen LogP contribution in [-0.4, -0.2) is 16.7 Å². The van der Waals surface area contributed by atoms with Crippen molar-refractivity contribution in [2.45, 2.75) is 0 Å². The molecule has 0 atom stereocenters. The first-order valence-corrected chi connectivity index (χ1v) is 5.16. The predicted molar refractivity (Wildman–Crippen MR) is 64.2 cm³/mol. The van der Waals surface area contributed by atoms with E-state index in [0.717, 1.165) is 0 Å². The summed E-state index contributed by atoms with van der Waals surface area (Å²) < 4.78 is 6.20. The zero-order valence-corrected chi connectivity index (χ0v) is 9.69. The Balaban J connectivity index is 2.80. The summed E-state index contributed by atoms with van der Waals surface area (Å²) in [5.74, 6) is 0.131. The number of halogens is 1. The average Bonchev–Trinajstić information content (AvgIpc) is 2.29. The minimum Gasteiger partial charge on any atom is -0.482 e. The maximum atomic E-state index is 11.7. The fourth-order valence-corrected chi connectivity index (χ4v) is 1.71. The fraction of sp³-hybridized carbons (Fsp3) is 0.0909. The van der Waals surface area contributed by atoms with Crippen molar-refractivity contribution in [1.82, 2.24) is 9.55 Å². The Morgan fingerprint density at radius 2 is 2.00 bits per heavy atom. The molecule has 0 spiro atoms. The van der Waals surface area contributed by atoms with Crippen LogP contribution in [0.3, 0.4) is 0 Å². The minimum absolute atomic E-state index is 0.131. The molecule has 1 N–H and O–H groups in total. The van der Waals surface area contributed by atoms with E-state index < -0.39 is 11.2 Å². The standard InChI is InChI=1S/C11H9ClN2O3/c1-17-10-6-9(15)13-11(16)14(10)8-5-3-2-4-7(8)12/h2-6H,1H3,(H,13,15,16). The van der Waals surface area contributed by atoms with Crippen LogP contribution in [0.4, 0.5) is 0 Å². The number of hydrogen-bond donors (Lipinski definition) is 1. The number of nitrogens with zero attached hydrogens (tertiary/aromatic N) is 1. The Kier molecular flexibility index (Phi) is 3.01. The lowest BCUT2D eigenvalue weighted by molar-refractivity contribution is 0.381. The van der Waals surface area contributed by atoms with E-state index in [1.807, 2.05) is 0 Å². The summed E-state index contributed by atoms with van der Waals surface area (Å²) in [7, 11) is 1.38. The van der Waals surface area contributed by atoms with Gasteiger partial charge in [-0.2, -0.15) is 0 Å². The van der Waals surface area contributed by atoms with Gasteiger partial charge in [0.2, 0.25) is 5.88 Å². The Morgan fingerprint density at radius 3 is 2.65 bits per heavy atom. The van der Waals surface area contributed by atoms with Gasteiger partial charge in [-0.15, -0.1) is 0 Å². The molecule has 0 bridgehead atoms. The molecule has 0 unspecified atom stereocenters. The number of para-hydroxylation sites is 1. The van der Waals surface area contributed by atoms with Crippen molar-refractivity contribution in [2.75, 3.05) is 7.11 Å². The minimum atomic E-state index is -0.595. The second-order valence-corrected chi connectivity index (χ2v) is 3.68. The van der Waals surface area contributed by atoms with Crippen molar-refractivity contribution < 1.29 is 4.74 Å². The fourth-order valence-electron chi connectivity index (χ4n) is 1.49. The number of aromatic nitrogens is 2. The first-order chi connectivity index (χ1) is 8.13. The molecule has 1 aromatic heterocycles. The van der Waals surface area contributed by atoms with E-state index in [1.165, 1.54) is 17.7 Å². The maximum absolute atomic E-state index is 11.7. The summed E-state index contributed by atoms with van der Waals surface area (Å²) >= 11 is 5.99. The molecule has 1 aromatic carbocycles. The number of benzene rings is 1. The molecule has 0 aliphatic carbocycles. The normalized spacial score (nSPS) is 10.2. The predicted octanol–water partition coefficient (Wildman–Crippen LogP) is 1.19. The molecule has 1 heterocycles. The molecule has 5 nitrogen and oxygen atoms in total. The van der Waals surface area contributed by atoms with Crippen molar-refractivity contribution in [3.05, 3.63) is 56.2 Å². The highest BCUT2D eigenvalue weighted by Crippen LogP contribution is 2.21. The summed E-state index contributed by atoms with van der Waals surface area (Å²) in [5.41, 5.74) is -0.662. The molecular weight excluding hydrogens is 244 g/mol. The van der Waals surface area contributed by atoms with Gasteiger partial charge in [0.25, 0.3) is 5.56 Å². The molecular formula is C11H9ClN2O3. The summed E-state index contributed by atoms with van der Waals surface area (Å²) in [5, 5.41) is 0.389. The van der Waals surface area contributed by atoms with Crippen LogP contribution in [-0.2, 0) is 0 Å². The van der Waals surface area contributed by atoms with E-state index >= 15 is 0 Å². The topological polar surface area (TPSA) is 64.1 Å². The van der Waals surface area contributed by atoms with Gasteiger partial charge in [-0.3, -0.25) is 9.78 Å². The van der Waals surface area contributed by atoms with E-state index in [1.54, 1.807) is 24.3 Å². The van der Waals surface area contributed by atoms with Gasteiger partial charge in [0.05, 0.1) is 23.9 Å². The second-order valence-electron chi connectivity index (χ2n) is 3.27. The van der Waals surface area contributed by atoms with E-state index in [2.05, 4.69) is 4.98 Å². The molecule has 17 heavy (non-hydrogen) atoms. The Morgan fingerprint density at radius 1 is 1.29 bits per heavy atom. The van der Waals surface area contributed by atoms with Crippen molar-refractivity contribution in [2.24, 2.45) is 0 Å². The van der Waals surface area contributed by atoms with Crippen molar-refractivity contribution in [1.29, 1.82) is 0 Å². The maximum Gasteiger partial charge on any atom is 0.335 e. The number of hydrogen-bond acceptors (Lipinski definition) is 3. The Labute approximate surface area is 101 Å². The van der Waals surface area contributed by atoms with Crippen LogP contribution in [0.15, 0.2) is 39.9 Å². The van der Waals surface area contributed by atoms with Crippen molar-refractivity contribution in [3.63, 3.8) is 0 Å². The number of ether oxygens (including phenoxy) is 1. The highest BCUT2D eigenvalue weighted by atomic mass is 35.5. The van der Waals surface area contributed by atoms with Crippen molar-refractivity contribution in [3.8, 4) is 11.6 Å². The van der Waals surface area contributed by atoms with Gasteiger partial charge in [-0.1, -0.05) is 23.7 Å². The zero-order chi connectivity index (χ0) is 12.4. The molecule has 6 heteroatoms. The second kappa shape index (κ2) is 4.47. The lowest BCUT2D eigenvalue weighted by Gasteiger charge is -2.11. The number of aromatic amines is 1. The number of H-pyrrole nitrogens is 1. The van der Waals surface area contributed by atoms with Gasteiger partial charge in [-0.25, -0.2) is 9.36 Å². The molecule has 0 radical (unpaired) electrons. The first-order valence-electron chi connectivity index (χ1n) is 4.79. The van der Waals surface area contributed by atoms with Crippen LogP contribution in [0.5, 0.6) is 5.88 Å². The largest absolute Gasteiger partial charge is 0.482 e. The lowest BCUT2D eigenvalue weighted by Crippen LogP contribution is -2.29. The summed E-state index contributed by atoms with van der Waals surface area (Å²) in [6.07, 6.45) is 0. The van der Waals surface area contributed by atoms with Gasteiger partial charge in [0.15, 0.2) is 0 Å². The van der Waals surface area contributed by atoms with Crippen LogP contribution in [0.25, 0.3) is 5.69 Å².